The van der Waals surface area contributed by atoms with E-state index in [2.05, 4.69) is 210 Å². The number of furan rings is 1. The Labute approximate surface area is 338 Å². The van der Waals surface area contributed by atoms with Gasteiger partial charge in [0.15, 0.2) is 5.58 Å². The Morgan fingerprint density at radius 1 is 0.379 bits per heavy atom. The Kier molecular flexibility index (Phi) is 7.40. The first-order chi connectivity index (χ1) is 28.7. The Morgan fingerprint density at radius 3 is 1.79 bits per heavy atom. The third-order valence-electron chi connectivity index (χ3n) is 11.6. The van der Waals surface area contributed by atoms with E-state index in [-0.39, 0.29) is 0 Å². The predicted molar refractivity (Wildman–Crippen MR) is 247 cm³/mol. The smallest absolute Gasteiger partial charge is 0.159 e. The van der Waals surface area contributed by atoms with Crippen molar-refractivity contribution in [1.29, 1.82) is 0 Å². The van der Waals surface area contributed by atoms with Gasteiger partial charge in [0.1, 0.15) is 5.58 Å². The highest BCUT2D eigenvalue weighted by atomic mass is 32.1. The molecule has 0 bridgehead atoms. The van der Waals surface area contributed by atoms with Crippen LogP contribution in [0.25, 0.3) is 91.9 Å². The van der Waals surface area contributed by atoms with Gasteiger partial charge in [0.25, 0.3) is 0 Å². The number of hydrogen-bond donors (Lipinski definition) is 0. The van der Waals surface area contributed by atoms with Crippen LogP contribution in [0, 0.1) is 0 Å². The molecule has 12 rings (SSSR count). The Bertz CT molecular complexity index is 3500. The minimum Gasteiger partial charge on any atom is -0.454 e. The fourth-order valence-electron chi connectivity index (χ4n) is 8.85. The quantitative estimate of drug-likeness (QED) is 0.168. The monoisotopic (exact) mass is 758 g/mol. The van der Waals surface area contributed by atoms with Gasteiger partial charge < -0.3 is 13.9 Å². The van der Waals surface area contributed by atoms with Gasteiger partial charge in [0.05, 0.1) is 16.7 Å². The number of anilines is 3. The number of aromatic nitrogens is 1. The molecule has 0 aliphatic carbocycles. The van der Waals surface area contributed by atoms with Crippen LogP contribution in [0.15, 0.2) is 211 Å². The number of rotatable bonds is 6. The van der Waals surface area contributed by atoms with Crippen molar-refractivity contribution in [3.8, 4) is 27.9 Å². The van der Waals surface area contributed by atoms with E-state index >= 15 is 0 Å². The van der Waals surface area contributed by atoms with Crippen LogP contribution in [0.2, 0.25) is 0 Å². The Balaban J connectivity index is 0.929. The molecular weight excluding hydrogens is 725 g/mol. The summed E-state index contributed by atoms with van der Waals surface area (Å²) >= 11 is 1.84. The van der Waals surface area contributed by atoms with Crippen LogP contribution < -0.4 is 4.90 Å². The zero-order valence-corrected chi connectivity index (χ0v) is 32.2. The van der Waals surface area contributed by atoms with E-state index in [9.17, 15) is 0 Å². The summed E-state index contributed by atoms with van der Waals surface area (Å²) in [4.78, 5) is 2.34. The van der Waals surface area contributed by atoms with E-state index < -0.39 is 0 Å². The molecule has 0 saturated carbocycles. The van der Waals surface area contributed by atoms with E-state index in [4.69, 9.17) is 4.42 Å². The third-order valence-corrected chi connectivity index (χ3v) is 12.7. The summed E-state index contributed by atoms with van der Waals surface area (Å²) in [6.45, 7) is 0. The topological polar surface area (TPSA) is 21.3 Å². The van der Waals surface area contributed by atoms with Gasteiger partial charge in [-0.05, 0) is 89.0 Å². The van der Waals surface area contributed by atoms with Crippen molar-refractivity contribution in [2.24, 2.45) is 0 Å². The Hall–Kier alpha value is -7.40. The van der Waals surface area contributed by atoms with Crippen LogP contribution in [0.3, 0.4) is 0 Å². The molecule has 3 aromatic heterocycles. The molecule has 0 saturated heterocycles. The SMILES string of the molecule is c1ccc(-n2c3ccccc3c3ccc(-c4ccc(-c5ccc(N(c6ccc7c(c6)sc6ccccc67)c6cccc7c6oc6ccccc67)cc5)cc4)cc32)cc1. The van der Waals surface area contributed by atoms with Crippen molar-refractivity contribution in [2.45, 2.75) is 0 Å². The molecule has 58 heavy (non-hydrogen) atoms. The molecule has 4 heteroatoms. The second-order valence-corrected chi connectivity index (χ2v) is 16.0. The maximum absolute atomic E-state index is 6.61. The molecule has 0 atom stereocenters. The Morgan fingerprint density at radius 2 is 0.966 bits per heavy atom. The van der Waals surface area contributed by atoms with Crippen LogP contribution in [0.1, 0.15) is 0 Å². The fraction of sp³-hybridized carbons (Fsp3) is 0. The first-order valence-corrected chi connectivity index (χ1v) is 20.5. The van der Waals surface area contributed by atoms with Crippen molar-refractivity contribution < 1.29 is 4.42 Å². The molecule has 0 unspecified atom stereocenters. The molecule has 9 aromatic carbocycles. The van der Waals surface area contributed by atoms with Crippen molar-refractivity contribution in [1.82, 2.24) is 4.57 Å². The number of benzene rings is 9. The molecule has 0 aliphatic rings. The number of fused-ring (bicyclic) bond motifs is 9. The van der Waals surface area contributed by atoms with E-state index in [0.29, 0.717) is 0 Å². The molecule has 272 valence electrons. The molecule has 0 spiro atoms. The lowest BCUT2D eigenvalue weighted by Crippen LogP contribution is -2.10. The second-order valence-electron chi connectivity index (χ2n) is 14.9. The van der Waals surface area contributed by atoms with Gasteiger partial charge in [0, 0.05) is 58.8 Å². The molecule has 0 fully saturated rings. The summed E-state index contributed by atoms with van der Waals surface area (Å²) in [7, 11) is 0. The first-order valence-electron chi connectivity index (χ1n) is 19.7. The van der Waals surface area contributed by atoms with E-state index in [1.807, 2.05) is 17.4 Å². The zero-order chi connectivity index (χ0) is 38.2. The van der Waals surface area contributed by atoms with E-state index in [1.54, 1.807) is 0 Å². The first kappa shape index (κ1) is 32.8. The number of thiophene rings is 1. The molecule has 0 radical (unpaired) electrons. The summed E-state index contributed by atoms with van der Waals surface area (Å²) in [5.41, 5.74) is 13.2. The highest BCUT2D eigenvalue weighted by Gasteiger charge is 2.21. The van der Waals surface area contributed by atoms with Gasteiger partial charge >= 0.3 is 0 Å². The van der Waals surface area contributed by atoms with Crippen LogP contribution in [0.4, 0.5) is 17.1 Å². The summed E-state index contributed by atoms with van der Waals surface area (Å²) in [6.07, 6.45) is 0. The standard InChI is InChI=1S/C54H34N2OS/c1-2-11-39(12-3-1)56-48-17-7-4-13-42(48)43-31-27-38(33-50(43)56)37-23-21-35(22-24-37)36-25-28-40(29-26-36)55(41-30-32-46-45-15-6-9-20-52(45)58-53(46)34-41)49-18-10-16-47-44-14-5-8-19-51(44)57-54(47)49/h1-34H. The minimum absolute atomic E-state index is 0.877. The summed E-state index contributed by atoms with van der Waals surface area (Å²) < 4.78 is 11.5. The van der Waals surface area contributed by atoms with Gasteiger partial charge in [-0.3, -0.25) is 0 Å². The van der Waals surface area contributed by atoms with Gasteiger partial charge in [-0.1, -0.05) is 140 Å². The lowest BCUT2D eigenvalue weighted by molar-refractivity contribution is 0.669. The number of para-hydroxylation sites is 4. The molecule has 0 amide bonds. The maximum atomic E-state index is 6.61. The second kappa shape index (κ2) is 13.1. The van der Waals surface area contributed by atoms with Crippen molar-refractivity contribution >= 4 is 92.3 Å². The average Bonchev–Trinajstić information content (AvgIpc) is 3.97. The highest BCUT2D eigenvalue weighted by Crippen LogP contribution is 2.45. The van der Waals surface area contributed by atoms with Crippen LogP contribution in [-0.2, 0) is 0 Å². The normalized spacial score (nSPS) is 11.8. The predicted octanol–water partition coefficient (Wildman–Crippen LogP) is 15.9. The van der Waals surface area contributed by atoms with Gasteiger partial charge in [-0.15, -0.1) is 11.3 Å². The summed E-state index contributed by atoms with van der Waals surface area (Å²) in [5, 5.41) is 7.33. The van der Waals surface area contributed by atoms with Gasteiger partial charge in [-0.2, -0.15) is 0 Å². The maximum Gasteiger partial charge on any atom is 0.159 e. The number of nitrogens with zero attached hydrogens (tertiary/aromatic N) is 2. The van der Waals surface area contributed by atoms with E-state index in [1.165, 1.54) is 58.7 Å². The van der Waals surface area contributed by atoms with Crippen LogP contribution in [-0.4, -0.2) is 4.57 Å². The van der Waals surface area contributed by atoms with Crippen molar-refractivity contribution in [3.63, 3.8) is 0 Å². The van der Waals surface area contributed by atoms with Crippen molar-refractivity contribution in [3.05, 3.63) is 206 Å². The lowest BCUT2D eigenvalue weighted by atomic mass is 9.99. The van der Waals surface area contributed by atoms with Gasteiger partial charge in [-0.25, -0.2) is 0 Å². The van der Waals surface area contributed by atoms with Crippen molar-refractivity contribution in [2.75, 3.05) is 4.90 Å². The summed E-state index contributed by atoms with van der Waals surface area (Å²) in [5.74, 6) is 0. The highest BCUT2D eigenvalue weighted by molar-refractivity contribution is 7.25. The van der Waals surface area contributed by atoms with Crippen LogP contribution >= 0.6 is 11.3 Å². The molecule has 3 heterocycles. The minimum atomic E-state index is 0.877. The number of hydrogen-bond acceptors (Lipinski definition) is 3. The average molecular weight is 759 g/mol. The fourth-order valence-corrected chi connectivity index (χ4v) is 9.99. The molecular formula is C54H34N2OS. The third kappa shape index (κ3) is 5.19. The molecule has 3 nitrogen and oxygen atoms in total. The van der Waals surface area contributed by atoms with Crippen LogP contribution in [0.5, 0.6) is 0 Å². The molecule has 0 N–H and O–H groups in total. The molecule has 0 aliphatic heterocycles. The van der Waals surface area contributed by atoms with Gasteiger partial charge in [0.2, 0.25) is 0 Å². The summed E-state index contributed by atoms with van der Waals surface area (Å²) in [6, 6.07) is 74.4. The molecule has 12 aromatic rings. The lowest BCUT2D eigenvalue weighted by Gasteiger charge is -2.26. The zero-order valence-electron chi connectivity index (χ0n) is 31.3. The largest absolute Gasteiger partial charge is 0.454 e. The van der Waals surface area contributed by atoms with E-state index in [0.717, 1.165) is 50.3 Å².